The number of unbranched alkanes of at least 4 members (excludes halogenated alkanes) is 1. The van der Waals surface area contributed by atoms with Crippen molar-refractivity contribution in [3.8, 4) is 0 Å². The molecule has 0 bridgehead atoms. The SMILES string of the molecule is CCCCc1oncc1C(=O)N1CCC(c2cccnc2)C1. The number of likely N-dealkylation sites (tertiary alicyclic amines) is 1. The molecule has 22 heavy (non-hydrogen) atoms. The minimum absolute atomic E-state index is 0.0405. The zero-order valence-electron chi connectivity index (χ0n) is 12.9. The number of aryl methyl sites for hydroxylation is 1. The molecule has 2 aromatic rings. The van der Waals surface area contributed by atoms with Crippen LogP contribution in [0.25, 0.3) is 0 Å². The Morgan fingerprint density at radius 3 is 3.14 bits per heavy atom. The van der Waals surface area contributed by atoms with Gasteiger partial charge in [0.05, 0.1) is 6.20 Å². The average molecular weight is 299 g/mol. The number of carbonyl (C=O) groups excluding carboxylic acids is 1. The van der Waals surface area contributed by atoms with Gasteiger partial charge in [0.15, 0.2) is 0 Å². The van der Waals surface area contributed by atoms with E-state index in [-0.39, 0.29) is 5.91 Å². The fourth-order valence-corrected chi connectivity index (χ4v) is 2.96. The Morgan fingerprint density at radius 2 is 2.36 bits per heavy atom. The third kappa shape index (κ3) is 3.03. The monoisotopic (exact) mass is 299 g/mol. The number of nitrogens with zero attached hydrogens (tertiary/aromatic N) is 3. The van der Waals surface area contributed by atoms with E-state index in [1.54, 1.807) is 12.4 Å². The van der Waals surface area contributed by atoms with Gasteiger partial charge in [-0.25, -0.2) is 0 Å². The molecule has 2 aromatic heterocycles. The predicted molar refractivity (Wildman–Crippen MR) is 82.6 cm³/mol. The van der Waals surface area contributed by atoms with E-state index in [2.05, 4.69) is 23.1 Å². The van der Waals surface area contributed by atoms with Crippen molar-refractivity contribution >= 4 is 5.91 Å². The molecule has 3 heterocycles. The van der Waals surface area contributed by atoms with Gasteiger partial charge in [-0.3, -0.25) is 9.78 Å². The largest absolute Gasteiger partial charge is 0.361 e. The second kappa shape index (κ2) is 6.73. The Hall–Kier alpha value is -2.17. The molecule has 1 aliphatic heterocycles. The van der Waals surface area contributed by atoms with Gasteiger partial charge in [0.2, 0.25) is 0 Å². The van der Waals surface area contributed by atoms with Gasteiger partial charge in [0, 0.05) is 37.8 Å². The predicted octanol–water partition coefficient (Wildman–Crippen LogP) is 3.04. The summed E-state index contributed by atoms with van der Waals surface area (Å²) in [7, 11) is 0. The number of hydrogen-bond donors (Lipinski definition) is 0. The first-order valence-electron chi connectivity index (χ1n) is 7.92. The van der Waals surface area contributed by atoms with Crippen molar-refractivity contribution < 1.29 is 9.32 Å². The Labute approximate surface area is 130 Å². The molecule has 0 aliphatic carbocycles. The molecule has 1 unspecified atom stereocenters. The fraction of sp³-hybridized carbons (Fsp3) is 0.471. The number of aromatic nitrogens is 2. The van der Waals surface area contributed by atoms with E-state index in [1.807, 2.05) is 17.2 Å². The quantitative estimate of drug-likeness (QED) is 0.851. The molecule has 5 nitrogen and oxygen atoms in total. The van der Waals surface area contributed by atoms with Crippen molar-refractivity contribution in [3.63, 3.8) is 0 Å². The molecule has 0 saturated carbocycles. The third-order valence-corrected chi connectivity index (χ3v) is 4.26. The Bertz CT molecular complexity index is 624. The first kappa shape index (κ1) is 14.8. The summed E-state index contributed by atoms with van der Waals surface area (Å²) >= 11 is 0. The van der Waals surface area contributed by atoms with Crippen LogP contribution >= 0.6 is 0 Å². The van der Waals surface area contributed by atoms with E-state index >= 15 is 0 Å². The smallest absolute Gasteiger partial charge is 0.259 e. The lowest BCUT2D eigenvalue weighted by atomic mass is 10.0. The van der Waals surface area contributed by atoms with Gasteiger partial charge in [-0.05, 0) is 24.5 Å². The fourth-order valence-electron chi connectivity index (χ4n) is 2.96. The highest BCUT2D eigenvalue weighted by atomic mass is 16.5. The standard InChI is InChI=1S/C17H21N3O2/c1-2-3-6-16-15(11-19-22-16)17(21)20-9-7-14(12-20)13-5-4-8-18-10-13/h4-5,8,10-11,14H,2-3,6-7,9,12H2,1H3. The van der Waals surface area contributed by atoms with Crippen LogP contribution in [0.1, 0.15) is 53.8 Å². The normalized spacial score (nSPS) is 17.9. The molecule has 0 N–H and O–H groups in total. The lowest BCUT2D eigenvalue weighted by Gasteiger charge is -2.16. The van der Waals surface area contributed by atoms with E-state index in [0.29, 0.717) is 11.5 Å². The first-order valence-corrected chi connectivity index (χ1v) is 7.92. The molecule has 1 saturated heterocycles. The number of amides is 1. The number of rotatable bonds is 5. The second-order valence-corrected chi connectivity index (χ2v) is 5.79. The highest BCUT2D eigenvalue weighted by Crippen LogP contribution is 2.28. The lowest BCUT2D eigenvalue weighted by Crippen LogP contribution is -2.28. The summed E-state index contributed by atoms with van der Waals surface area (Å²) in [4.78, 5) is 18.8. The van der Waals surface area contributed by atoms with E-state index in [9.17, 15) is 4.79 Å². The van der Waals surface area contributed by atoms with Crippen LogP contribution in [0.4, 0.5) is 0 Å². The van der Waals surface area contributed by atoms with Crippen molar-refractivity contribution in [1.82, 2.24) is 15.0 Å². The van der Waals surface area contributed by atoms with Gasteiger partial charge in [0.25, 0.3) is 5.91 Å². The summed E-state index contributed by atoms with van der Waals surface area (Å²) in [6.45, 7) is 3.64. The van der Waals surface area contributed by atoms with E-state index in [4.69, 9.17) is 4.52 Å². The van der Waals surface area contributed by atoms with Crippen LogP contribution in [0.15, 0.2) is 35.2 Å². The molecule has 116 valence electrons. The number of hydrogen-bond acceptors (Lipinski definition) is 4. The zero-order valence-corrected chi connectivity index (χ0v) is 12.9. The van der Waals surface area contributed by atoms with Crippen LogP contribution in [-0.2, 0) is 6.42 Å². The number of pyridine rings is 1. The molecular weight excluding hydrogens is 278 g/mol. The molecule has 1 aliphatic rings. The highest BCUT2D eigenvalue weighted by molar-refractivity contribution is 5.95. The Kier molecular flexibility index (Phi) is 4.51. The molecular formula is C17H21N3O2. The van der Waals surface area contributed by atoms with Gasteiger partial charge in [0.1, 0.15) is 11.3 Å². The maximum Gasteiger partial charge on any atom is 0.259 e. The van der Waals surface area contributed by atoms with E-state index in [1.165, 1.54) is 5.56 Å². The Morgan fingerprint density at radius 1 is 1.45 bits per heavy atom. The molecule has 5 heteroatoms. The van der Waals surface area contributed by atoms with Crippen molar-refractivity contribution in [2.24, 2.45) is 0 Å². The van der Waals surface area contributed by atoms with Crippen LogP contribution in [0.3, 0.4) is 0 Å². The van der Waals surface area contributed by atoms with Crippen LogP contribution in [0.5, 0.6) is 0 Å². The molecule has 1 atom stereocenters. The average Bonchev–Trinajstić information content (AvgIpc) is 3.22. The van der Waals surface area contributed by atoms with Crippen LogP contribution in [-0.4, -0.2) is 34.0 Å². The molecule has 3 rings (SSSR count). The zero-order chi connectivity index (χ0) is 15.4. The van der Waals surface area contributed by atoms with Crippen LogP contribution < -0.4 is 0 Å². The molecule has 1 amide bonds. The van der Waals surface area contributed by atoms with Gasteiger partial charge < -0.3 is 9.42 Å². The topological polar surface area (TPSA) is 59.2 Å². The molecule has 1 fully saturated rings. The van der Waals surface area contributed by atoms with Gasteiger partial charge in [-0.2, -0.15) is 0 Å². The minimum atomic E-state index is 0.0405. The maximum absolute atomic E-state index is 12.7. The highest BCUT2D eigenvalue weighted by Gasteiger charge is 2.30. The van der Waals surface area contributed by atoms with Crippen molar-refractivity contribution in [3.05, 3.63) is 47.6 Å². The van der Waals surface area contributed by atoms with Crippen molar-refractivity contribution in [1.29, 1.82) is 0 Å². The van der Waals surface area contributed by atoms with Gasteiger partial charge >= 0.3 is 0 Å². The van der Waals surface area contributed by atoms with Gasteiger partial charge in [-0.15, -0.1) is 0 Å². The van der Waals surface area contributed by atoms with Crippen LogP contribution in [0.2, 0.25) is 0 Å². The van der Waals surface area contributed by atoms with E-state index in [0.717, 1.165) is 44.5 Å². The summed E-state index contributed by atoms with van der Waals surface area (Å²) in [5.41, 5.74) is 1.83. The number of carbonyl (C=O) groups is 1. The first-order chi connectivity index (χ1) is 10.8. The van der Waals surface area contributed by atoms with Crippen LogP contribution in [0, 0.1) is 0 Å². The molecule has 0 aromatic carbocycles. The third-order valence-electron chi connectivity index (χ3n) is 4.26. The van der Waals surface area contributed by atoms with Gasteiger partial charge in [-0.1, -0.05) is 24.6 Å². The summed E-state index contributed by atoms with van der Waals surface area (Å²) in [5, 5.41) is 3.81. The summed E-state index contributed by atoms with van der Waals surface area (Å²) < 4.78 is 5.25. The Balaban J connectivity index is 1.68. The molecule has 0 spiro atoms. The van der Waals surface area contributed by atoms with Crippen molar-refractivity contribution in [2.45, 2.75) is 38.5 Å². The van der Waals surface area contributed by atoms with Crippen molar-refractivity contribution in [2.75, 3.05) is 13.1 Å². The second-order valence-electron chi connectivity index (χ2n) is 5.79. The maximum atomic E-state index is 12.7. The van der Waals surface area contributed by atoms with E-state index < -0.39 is 0 Å². The lowest BCUT2D eigenvalue weighted by molar-refractivity contribution is 0.0788. The molecule has 0 radical (unpaired) electrons. The summed E-state index contributed by atoms with van der Waals surface area (Å²) in [6.07, 6.45) is 9.06. The summed E-state index contributed by atoms with van der Waals surface area (Å²) in [6, 6.07) is 4.03. The summed E-state index contributed by atoms with van der Waals surface area (Å²) in [5.74, 6) is 1.13. The minimum Gasteiger partial charge on any atom is -0.361 e.